The van der Waals surface area contributed by atoms with Gasteiger partial charge in [0.15, 0.2) is 0 Å². The molecule has 1 aliphatic carbocycles. The highest BCUT2D eigenvalue weighted by Crippen LogP contribution is 2.30. The van der Waals surface area contributed by atoms with Crippen molar-refractivity contribution in [3.63, 3.8) is 0 Å². The lowest BCUT2D eigenvalue weighted by atomic mass is 9.98. The van der Waals surface area contributed by atoms with E-state index in [2.05, 4.69) is 4.98 Å². The van der Waals surface area contributed by atoms with Crippen LogP contribution in [-0.2, 0) is 0 Å². The third-order valence-electron chi connectivity index (χ3n) is 3.99. The van der Waals surface area contributed by atoms with Crippen molar-refractivity contribution < 1.29 is 14.4 Å². The van der Waals surface area contributed by atoms with Gasteiger partial charge in [-0.1, -0.05) is 6.42 Å². The summed E-state index contributed by atoms with van der Waals surface area (Å²) in [6, 6.07) is 8.23. The Morgan fingerprint density at radius 3 is 2.38 bits per heavy atom. The van der Waals surface area contributed by atoms with E-state index in [1.54, 1.807) is 24.3 Å². The van der Waals surface area contributed by atoms with Gasteiger partial charge in [0.2, 0.25) is 5.75 Å². The highest BCUT2D eigenvalue weighted by atomic mass is 16.6. The van der Waals surface area contributed by atoms with Crippen molar-refractivity contribution >= 4 is 5.69 Å². The number of hydrogen-bond acceptors (Lipinski definition) is 5. The van der Waals surface area contributed by atoms with Crippen molar-refractivity contribution in [2.75, 3.05) is 0 Å². The summed E-state index contributed by atoms with van der Waals surface area (Å²) in [7, 11) is 0. The van der Waals surface area contributed by atoms with Gasteiger partial charge in [0.25, 0.3) is 0 Å². The van der Waals surface area contributed by atoms with E-state index in [0.29, 0.717) is 5.75 Å². The lowest BCUT2D eigenvalue weighted by Crippen LogP contribution is -2.19. The Morgan fingerprint density at radius 1 is 1.04 bits per heavy atom. The molecule has 1 aliphatic rings. The van der Waals surface area contributed by atoms with Gasteiger partial charge in [0.05, 0.1) is 11.0 Å². The fourth-order valence-corrected chi connectivity index (χ4v) is 2.80. The maximum atomic E-state index is 11.5. The fraction of sp³-hybridized carbons (Fsp3) is 0.353. The minimum atomic E-state index is -0.797. The Balaban J connectivity index is 1.71. The molecule has 126 valence electrons. The van der Waals surface area contributed by atoms with Crippen molar-refractivity contribution in [3.05, 3.63) is 57.0 Å². The standard InChI is InChI=1S/C17H18N2O5/c20-17-16(19(21)22)15(10-11-18-17)24-14-8-6-13(7-9-14)23-12-4-2-1-3-5-12/h6-12H,1-5H2,(H,18,20). The van der Waals surface area contributed by atoms with E-state index in [4.69, 9.17) is 9.47 Å². The van der Waals surface area contributed by atoms with Crippen LogP contribution in [0.2, 0.25) is 0 Å². The summed E-state index contributed by atoms with van der Waals surface area (Å²) in [6.45, 7) is 0. The van der Waals surface area contributed by atoms with Crippen LogP contribution in [-0.4, -0.2) is 16.0 Å². The topological polar surface area (TPSA) is 94.5 Å². The highest BCUT2D eigenvalue weighted by Gasteiger charge is 2.21. The largest absolute Gasteiger partial charge is 0.490 e. The fourth-order valence-electron chi connectivity index (χ4n) is 2.80. The summed E-state index contributed by atoms with van der Waals surface area (Å²) in [5.74, 6) is 1.05. The van der Waals surface area contributed by atoms with E-state index < -0.39 is 16.2 Å². The van der Waals surface area contributed by atoms with Crippen LogP contribution in [0.3, 0.4) is 0 Å². The smallest absolute Gasteiger partial charge is 0.375 e. The molecule has 7 nitrogen and oxygen atoms in total. The van der Waals surface area contributed by atoms with Crippen molar-refractivity contribution in [1.29, 1.82) is 0 Å². The molecule has 0 radical (unpaired) electrons. The maximum absolute atomic E-state index is 11.5. The molecule has 1 N–H and O–H groups in total. The predicted molar refractivity (Wildman–Crippen MR) is 87.7 cm³/mol. The SMILES string of the molecule is O=c1[nH]ccc(Oc2ccc(OC3CCCCC3)cc2)c1[N+](=O)[O-]. The number of nitrogens with one attached hydrogen (secondary N) is 1. The van der Waals surface area contributed by atoms with E-state index in [9.17, 15) is 14.9 Å². The summed E-state index contributed by atoms with van der Waals surface area (Å²) < 4.78 is 11.4. The van der Waals surface area contributed by atoms with Gasteiger partial charge in [-0.05, 0) is 49.9 Å². The van der Waals surface area contributed by atoms with Gasteiger partial charge < -0.3 is 14.5 Å². The number of aromatic nitrogens is 1. The average molecular weight is 330 g/mol. The molecule has 1 fully saturated rings. The molecule has 0 saturated heterocycles. The van der Waals surface area contributed by atoms with E-state index in [1.807, 2.05) is 0 Å². The van der Waals surface area contributed by atoms with Gasteiger partial charge in [0.1, 0.15) is 11.5 Å². The molecule has 1 heterocycles. The second kappa shape index (κ2) is 7.16. The van der Waals surface area contributed by atoms with Gasteiger partial charge in [-0.15, -0.1) is 0 Å². The molecule has 7 heteroatoms. The second-order valence-electron chi connectivity index (χ2n) is 5.73. The van der Waals surface area contributed by atoms with Crippen molar-refractivity contribution in [3.8, 4) is 17.2 Å². The summed E-state index contributed by atoms with van der Waals surface area (Å²) in [6.07, 6.45) is 7.34. The number of pyridine rings is 1. The predicted octanol–water partition coefficient (Wildman–Crippen LogP) is 3.79. The molecule has 0 atom stereocenters. The number of benzene rings is 1. The molecule has 2 aromatic rings. The highest BCUT2D eigenvalue weighted by molar-refractivity contribution is 5.46. The van der Waals surface area contributed by atoms with Crippen LogP contribution >= 0.6 is 0 Å². The molecule has 0 spiro atoms. The van der Waals surface area contributed by atoms with E-state index >= 15 is 0 Å². The zero-order chi connectivity index (χ0) is 16.9. The Labute approximate surface area is 138 Å². The summed E-state index contributed by atoms with van der Waals surface area (Å²) in [5.41, 5.74) is -1.41. The Morgan fingerprint density at radius 2 is 1.71 bits per heavy atom. The minimum absolute atomic E-state index is 0.0929. The monoisotopic (exact) mass is 330 g/mol. The molecular formula is C17H18N2O5. The molecule has 0 unspecified atom stereocenters. The lowest BCUT2D eigenvalue weighted by molar-refractivity contribution is -0.387. The first-order valence-electron chi connectivity index (χ1n) is 7.94. The van der Waals surface area contributed by atoms with Gasteiger partial charge in [0, 0.05) is 12.3 Å². The first-order chi connectivity index (χ1) is 11.6. The quantitative estimate of drug-likeness (QED) is 0.665. The lowest BCUT2D eigenvalue weighted by Gasteiger charge is -2.23. The Hall–Kier alpha value is -2.83. The number of nitro groups is 1. The molecule has 24 heavy (non-hydrogen) atoms. The van der Waals surface area contributed by atoms with Gasteiger partial charge >= 0.3 is 11.2 Å². The van der Waals surface area contributed by atoms with Crippen LogP contribution in [0, 0.1) is 10.1 Å². The van der Waals surface area contributed by atoms with Crippen LogP contribution < -0.4 is 15.0 Å². The van der Waals surface area contributed by atoms with Gasteiger partial charge in [-0.25, -0.2) is 0 Å². The zero-order valence-electron chi connectivity index (χ0n) is 13.1. The normalized spacial score (nSPS) is 15.0. The number of rotatable bonds is 5. The Kier molecular flexibility index (Phi) is 4.79. The van der Waals surface area contributed by atoms with Crippen LogP contribution in [0.25, 0.3) is 0 Å². The van der Waals surface area contributed by atoms with Crippen LogP contribution in [0.1, 0.15) is 32.1 Å². The second-order valence-corrected chi connectivity index (χ2v) is 5.73. The van der Waals surface area contributed by atoms with Gasteiger partial charge in [-0.2, -0.15) is 0 Å². The average Bonchev–Trinajstić information content (AvgIpc) is 2.57. The molecule has 1 aromatic carbocycles. The summed E-state index contributed by atoms with van der Waals surface area (Å²) >= 11 is 0. The number of H-pyrrole nitrogens is 1. The Bertz CT molecular complexity index is 763. The molecule has 1 aromatic heterocycles. The van der Waals surface area contributed by atoms with Crippen molar-refractivity contribution in [2.24, 2.45) is 0 Å². The third-order valence-corrected chi connectivity index (χ3v) is 3.99. The zero-order valence-corrected chi connectivity index (χ0v) is 13.1. The summed E-state index contributed by atoms with van der Waals surface area (Å²) in [4.78, 5) is 24.1. The van der Waals surface area contributed by atoms with E-state index in [1.165, 1.54) is 31.5 Å². The molecule has 1 saturated carbocycles. The van der Waals surface area contributed by atoms with E-state index in [0.717, 1.165) is 18.6 Å². The number of hydrogen-bond donors (Lipinski definition) is 1. The number of aromatic amines is 1. The summed E-state index contributed by atoms with van der Waals surface area (Å²) in [5, 5.41) is 11.0. The maximum Gasteiger partial charge on any atom is 0.375 e. The minimum Gasteiger partial charge on any atom is -0.490 e. The van der Waals surface area contributed by atoms with Gasteiger partial charge in [-0.3, -0.25) is 14.9 Å². The van der Waals surface area contributed by atoms with Crippen molar-refractivity contribution in [2.45, 2.75) is 38.2 Å². The first-order valence-corrected chi connectivity index (χ1v) is 7.94. The van der Waals surface area contributed by atoms with E-state index in [-0.39, 0.29) is 11.9 Å². The molecule has 0 amide bonds. The number of ether oxygens (including phenoxy) is 2. The number of nitrogens with zero attached hydrogens (tertiary/aromatic N) is 1. The third kappa shape index (κ3) is 3.73. The van der Waals surface area contributed by atoms with Crippen LogP contribution in [0.4, 0.5) is 5.69 Å². The molecule has 0 bridgehead atoms. The van der Waals surface area contributed by atoms with Crippen molar-refractivity contribution in [1.82, 2.24) is 4.98 Å². The molecular weight excluding hydrogens is 312 g/mol. The van der Waals surface area contributed by atoms with Crippen LogP contribution in [0.5, 0.6) is 17.2 Å². The molecule has 0 aliphatic heterocycles. The first kappa shape index (κ1) is 16.0. The van der Waals surface area contributed by atoms with Crippen LogP contribution in [0.15, 0.2) is 41.3 Å². The molecule has 3 rings (SSSR count).